The van der Waals surface area contributed by atoms with Crippen LogP contribution in [0.15, 0.2) is 48.9 Å². The summed E-state index contributed by atoms with van der Waals surface area (Å²) in [6.45, 7) is 6.23. The van der Waals surface area contributed by atoms with Gasteiger partial charge in [-0.1, -0.05) is 50.6 Å². The van der Waals surface area contributed by atoms with Gasteiger partial charge in [0, 0.05) is 24.8 Å². The largest absolute Gasteiger partial charge is 0.609 e. The first-order chi connectivity index (χ1) is 17.2. The maximum atomic E-state index is 13.7. The monoisotopic (exact) mass is 495 g/mol. The van der Waals surface area contributed by atoms with Gasteiger partial charge in [0.05, 0.1) is 18.8 Å². The van der Waals surface area contributed by atoms with Gasteiger partial charge in [0.2, 0.25) is 5.91 Å². The van der Waals surface area contributed by atoms with E-state index in [1.807, 2.05) is 58.0 Å². The third-order valence-corrected chi connectivity index (χ3v) is 7.06. The van der Waals surface area contributed by atoms with Crippen LogP contribution in [0.5, 0.6) is 0 Å². The minimum atomic E-state index is -2.15. The van der Waals surface area contributed by atoms with Crippen molar-refractivity contribution in [1.29, 1.82) is 0 Å². The topological polar surface area (TPSA) is 124 Å². The molecular weight excluding hydrogens is 461 g/mol. The molecule has 2 amide bonds. The predicted octanol–water partition coefficient (Wildman–Crippen LogP) is 0.0756. The third kappa shape index (κ3) is 5.27. The van der Waals surface area contributed by atoms with Crippen molar-refractivity contribution in [2.75, 3.05) is 6.61 Å². The Morgan fingerprint density at radius 2 is 1.92 bits per heavy atom. The summed E-state index contributed by atoms with van der Waals surface area (Å²) in [5.41, 5.74) is 1.01. The Hall–Kier alpha value is -3.31. The van der Waals surface area contributed by atoms with Gasteiger partial charge in [-0.15, -0.1) is 0 Å². The minimum Gasteiger partial charge on any atom is -0.609 e. The molecule has 2 unspecified atom stereocenters. The lowest BCUT2D eigenvalue weighted by atomic mass is 9.59. The van der Waals surface area contributed by atoms with Gasteiger partial charge in [-0.05, 0) is 25.3 Å². The molecule has 0 aliphatic carbocycles. The molecule has 6 atom stereocenters. The number of benzene rings is 1. The van der Waals surface area contributed by atoms with Crippen LogP contribution >= 0.6 is 0 Å². The zero-order valence-corrected chi connectivity index (χ0v) is 21.1. The van der Waals surface area contributed by atoms with Crippen LogP contribution in [-0.2, 0) is 25.3 Å². The van der Waals surface area contributed by atoms with E-state index in [2.05, 4.69) is 20.6 Å². The zero-order chi connectivity index (χ0) is 25.9. The maximum absolute atomic E-state index is 13.7. The molecule has 10 nitrogen and oxygen atoms in total. The highest BCUT2D eigenvalue weighted by Gasteiger charge is 2.65. The van der Waals surface area contributed by atoms with Crippen molar-refractivity contribution in [1.82, 2.24) is 20.6 Å². The Morgan fingerprint density at radius 3 is 2.58 bits per heavy atom. The standard InChI is InChI=1S/C25H34BN5O5/c1-16(2)12-22(26-31(17(3)15-35-26)18(4)25(34)36-26)30-23(32)20(13-19-8-6-5-7-9-19)29-24(33)21-14-27-10-11-28-21/h5-11,14,16-18,20,22,31H,12-13,15H2,1-4H3,(H,29,33)(H,30,32)/t17-,18+,20+,22+,26?/m1/s1. The quantitative estimate of drug-likeness (QED) is 0.421. The number of carbonyl (C=O) groups is 3. The number of fused-ring (bicyclic) bond motifs is 1. The molecule has 0 saturated carbocycles. The maximum Gasteiger partial charge on any atom is 0.548 e. The number of hydrogen-bond acceptors (Lipinski definition) is 7. The number of nitrogens with zero attached hydrogens (tertiary/aromatic N) is 2. The zero-order valence-electron chi connectivity index (χ0n) is 21.1. The third-order valence-electron chi connectivity index (χ3n) is 7.06. The Kier molecular flexibility index (Phi) is 7.70. The molecular formula is C25H34BN5O5. The molecule has 192 valence electrons. The molecule has 2 fully saturated rings. The van der Waals surface area contributed by atoms with Crippen molar-refractivity contribution in [2.45, 2.75) is 64.6 Å². The average molecular weight is 495 g/mol. The lowest BCUT2D eigenvalue weighted by molar-refractivity contribution is -0.831. The van der Waals surface area contributed by atoms with E-state index >= 15 is 0 Å². The van der Waals surface area contributed by atoms with Crippen molar-refractivity contribution in [3.05, 3.63) is 60.2 Å². The lowest BCUT2D eigenvalue weighted by Gasteiger charge is -2.40. The second-order valence-electron chi connectivity index (χ2n) is 10.2. The van der Waals surface area contributed by atoms with Gasteiger partial charge in [0.15, 0.2) is 0 Å². The van der Waals surface area contributed by atoms with E-state index in [0.29, 0.717) is 13.0 Å². The first-order valence-electron chi connectivity index (χ1n) is 12.5. The first kappa shape index (κ1) is 25.8. The van der Waals surface area contributed by atoms with E-state index < -0.39 is 24.6 Å². The fraction of sp³-hybridized carbons (Fsp3) is 0.480. The van der Waals surface area contributed by atoms with Crippen LogP contribution in [0.2, 0.25) is 0 Å². The summed E-state index contributed by atoms with van der Waals surface area (Å²) in [5, 5.41) is 5.92. The van der Waals surface area contributed by atoms with Crippen molar-refractivity contribution < 1.29 is 28.5 Å². The van der Waals surface area contributed by atoms with Crippen molar-refractivity contribution in [3.8, 4) is 0 Å². The number of rotatable bonds is 9. The summed E-state index contributed by atoms with van der Waals surface area (Å²) in [6.07, 6.45) is 5.08. The van der Waals surface area contributed by atoms with E-state index in [1.165, 1.54) is 18.6 Å². The van der Waals surface area contributed by atoms with Crippen molar-refractivity contribution in [3.63, 3.8) is 0 Å². The number of aromatic nitrogens is 2. The van der Waals surface area contributed by atoms with E-state index in [9.17, 15) is 14.4 Å². The minimum absolute atomic E-state index is 0.0505. The number of quaternary nitrogens is 1. The van der Waals surface area contributed by atoms with Crippen LogP contribution in [0.4, 0.5) is 0 Å². The number of nitrogens with one attached hydrogen (secondary N) is 3. The summed E-state index contributed by atoms with van der Waals surface area (Å²) in [5.74, 6) is -1.55. The van der Waals surface area contributed by atoms with E-state index in [0.717, 1.165) is 10.4 Å². The number of hydrogen-bond donors (Lipinski definition) is 3. The van der Waals surface area contributed by atoms with Crippen LogP contribution in [0, 0.1) is 5.92 Å². The molecule has 0 bridgehead atoms. The van der Waals surface area contributed by atoms with Crippen molar-refractivity contribution in [2.24, 2.45) is 5.92 Å². The molecule has 3 N–H and O–H groups in total. The second-order valence-corrected chi connectivity index (χ2v) is 10.2. The molecule has 3 heterocycles. The van der Waals surface area contributed by atoms with Crippen LogP contribution < -0.4 is 15.4 Å². The number of carbonyl (C=O) groups excluding carboxylic acids is 3. The molecule has 36 heavy (non-hydrogen) atoms. The van der Waals surface area contributed by atoms with E-state index in [-0.39, 0.29) is 42.0 Å². The summed E-state index contributed by atoms with van der Waals surface area (Å²) in [6, 6.07) is 8.23. The second kappa shape index (κ2) is 10.8. The molecule has 2 saturated heterocycles. The summed E-state index contributed by atoms with van der Waals surface area (Å²) in [4.78, 5) is 48.1. The molecule has 2 aliphatic heterocycles. The number of amides is 2. The van der Waals surface area contributed by atoms with Gasteiger partial charge in [0.25, 0.3) is 5.91 Å². The molecule has 4 rings (SSSR count). The van der Waals surface area contributed by atoms with Gasteiger partial charge < -0.3 is 24.8 Å². The normalized spacial score (nSPS) is 26.7. The van der Waals surface area contributed by atoms with Crippen LogP contribution in [0.3, 0.4) is 0 Å². The van der Waals surface area contributed by atoms with E-state index in [1.54, 1.807) is 0 Å². The van der Waals surface area contributed by atoms with Crippen molar-refractivity contribution >= 4 is 24.5 Å². The molecule has 0 radical (unpaired) electrons. The van der Waals surface area contributed by atoms with Gasteiger partial charge in [-0.2, -0.15) is 0 Å². The van der Waals surface area contributed by atoms with Gasteiger partial charge in [-0.3, -0.25) is 14.6 Å². The predicted molar refractivity (Wildman–Crippen MR) is 133 cm³/mol. The molecule has 1 aromatic heterocycles. The molecule has 2 aliphatic rings. The molecule has 0 spiro atoms. The summed E-state index contributed by atoms with van der Waals surface area (Å²) in [7, 11) is 0. The smallest absolute Gasteiger partial charge is 0.548 e. The van der Waals surface area contributed by atoms with E-state index in [4.69, 9.17) is 9.31 Å². The molecule has 1 aromatic carbocycles. The van der Waals surface area contributed by atoms with Gasteiger partial charge in [0.1, 0.15) is 17.8 Å². The average Bonchev–Trinajstić information content (AvgIpc) is 3.33. The summed E-state index contributed by atoms with van der Waals surface area (Å²) < 4.78 is 12.1. The fourth-order valence-electron chi connectivity index (χ4n) is 5.44. The fourth-order valence-corrected chi connectivity index (χ4v) is 5.44. The Morgan fingerprint density at radius 1 is 1.17 bits per heavy atom. The van der Waals surface area contributed by atoms with Gasteiger partial charge in [-0.25, -0.2) is 9.78 Å². The lowest BCUT2D eigenvalue weighted by Crippen LogP contribution is -3.26. The Labute approximate surface area is 211 Å². The molecule has 11 heteroatoms. The Balaban J connectivity index is 1.60. The highest BCUT2D eigenvalue weighted by Crippen LogP contribution is 2.24. The highest BCUT2D eigenvalue weighted by molar-refractivity contribution is 6.64. The first-order valence-corrected chi connectivity index (χ1v) is 12.5. The van der Waals surface area contributed by atoms with Gasteiger partial charge >= 0.3 is 12.7 Å². The SMILES string of the molecule is CC(C)C[C@H](NC(=O)[C@H](Cc1ccccc1)NC(=O)c1cnccn1)[B-]12OC[C@@H](C)[NH+]1[C@@H](C)C(=O)O2. The van der Waals surface area contributed by atoms with Crippen LogP contribution in [-0.4, -0.2) is 65.1 Å². The summed E-state index contributed by atoms with van der Waals surface area (Å²) >= 11 is 0. The Bertz CT molecular complexity index is 1090. The molecule has 2 aromatic rings. The highest BCUT2D eigenvalue weighted by atomic mass is 16.7. The van der Waals surface area contributed by atoms with Crippen LogP contribution in [0.1, 0.15) is 50.2 Å². The van der Waals surface area contributed by atoms with Crippen LogP contribution in [0.25, 0.3) is 0 Å².